The summed E-state index contributed by atoms with van der Waals surface area (Å²) in [6.07, 6.45) is 11.7. The Labute approximate surface area is 270 Å². The lowest BCUT2D eigenvalue weighted by Crippen LogP contribution is -2.59. The summed E-state index contributed by atoms with van der Waals surface area (Å²) in [5.74, 6) is 1.90. The SMILES string of the molecule is CC1N=C(Nc2ncc3cc(C(=O)N(C)C)n([C@H]4C[C@@H]5CC[C@H]4C5)c3n2)C=CC1C(=O)N1CC2CCC(C1)N2C(=O)OC(C)(C)C. The Hall–Kier alpha value is -3.96. The minimum atomic E-state index is -0.555. The highest BCUT2D eigenvalue weighted by Crippen LogP contribution is 2.52. The lowest BCUT2D eigenvalue weighted by Gasteiger charge is -2.42. The summed E-state index contributed by atoms with van der Waals surface area (Å²) in [6, 6.07) is 1.84. The van der Waals surface area contributed by atoms with Crippen LogP contribution in [0.4, 0.5) is 10.7 Å². The van der Waals surface area contributed by atoms with Gasteiger partial charge in [0.25, 0.3) is 5.91 Å². The molecule has 46 heavy (non-hydrogen) atoms. The van der Waals surface area contributed by atoms with E-state index in [9.17, 15) is 14.4 Å². The van der Waals surface area contributed by atoms with Gasteiger partial charge < -0.3 is 24.4 Å². The predicted octanol–water partition coefficient (Wildman–Crippen LogP) is 4.49. The van der Waals surface area contributed by atoms with E-state index in [0.717, 1.165) is 36.2 Å². The molecule has 3 amide bonds. The molecule has 2 aromatic rings. The Bertz CT molecular complexity index is 1610. The van der Waals surface area contributed by atoms with E-state index in [1.54, 1.807) is 25.2 Å². The van der Waals surface area contributed by atoms with E-state index in [0.29, 0.717) is 36.5 Å². The van der Waals surface area contributed by atoms with Crippen LogP contribution in [0.5, 0.6) is 0 Å². The van der Waals surface area contributed by atoms with Crippen LogP contribution in [-0.2, 0) is 9.53 Å². The quantitative estimate of drug-likeness (QED) is 0.528. The molecule has 12 heteroatoms. The van der Waals surface area contributed by atoms with Crippen molar-refractivity contribution in [2.45, 2.75) is 96.0 Å². The van der Waals surface area contributed by atoms with Crippen LogP contribution in [-0.4, -0.2) is 104 Å². The molecule has 7 atom stereocenters. The number of rotatable bonds is 4. The molecule has 2 aromatic heterocycles. The van der Waals surface area contributed by atoms with Crippen LogP contribution in [0.3, 0.4) is 0 Å². The maximum Gasteiger partial charge on any atom is 0.410 e. The number of hydrogen-bond donors (Lipinski definition) is 1. The molecule has 2 saturated carbocycles. The number of likely N-dealkylation sites (tertiary alicyclic amines) is 1. The molecule has 5 aliphatic rings. The summed E-state index contributed by atoms with van der Waals surface area (Å²) >= 11 is 0. The first-order valence-electron chi connectivity index (χ1n) is 16.8. The number of nitrogens with zero attached hydrogens (tertiary/aromatic N) is 7. The fourth-order valence-corrected chi connectivity index (χ4v) is 8.41. The molecule has 2 aliphatic carbocycles. The van der Waals surface area contributed by atoms with Gasteiger partial charge in [-0.25, -0.2) is 9.78 Å². The van der Waals surface area contributed by atoms with Gasteiger partial charge in [-0.15, -0.1) is 0 Å². The highest BCUT2D eigenvalue weighted by atomic mass is 16.6. The fourth-order valence-electron chi connectivity index (χ4n) is 8.41. The van der Waals surface area contributed by atoms with Gasteiger partial charge in [-0.05, 0) is 83.8 Å². The van der Waals surface area contributed by atoms with Crippen LogP contribution in [0.2, 0.25) is 0 Å². The summed E-state index contributed by atoms with van der Waals surface area (Å²) in [4.78, 5) is 59.5. The van der Waals surface area contributed by atoms with E-state index in [1.165, 1.54) is 19.3 Å². The van der Waals surface area contributed by atoms with Gasteiger partial charge in [-0.2, -0.15) is 4.98 Å². The molecule has 0 radical (unpaired) electrons. The van der Waals surface area contributed by atoms with Gasteiger partial charge in [0, 0.05) is 44.8 Å². The average Bonchev–Trinajstić information content (AvgIpc) is 3.76. The van der Waals surface area contributed by atoms with Crippen molar-refractivity contribution in [1.29, 1.82) is 0 Å². The lowest BCUT2D eigenvalue weighted by atomic mass is 9.95. The molecule has 1 N–H and O–H groups in total. The van der Waals surface area contributed by atoms with Crippen LogP contribution in [0.1, 0.15) is 82.8 Å². The Morgan fingerprint density at radius 1 is 1.04 bits per heavy atom. The lowest BCUT2D eigenvalue weighted by molar-refractivity contribution is -0.137. The number of dihydropyridines is 1. The van der Waals surface area contributed by atoms with Gasteiger partial charge in [-0.3, -0.25) is 19.5 Å². The van der Waals surface area contributed by atoms with Crippen molar-refractivity contribution in [2.75, 3.05) is 32.5 Å². The first kappa shape index (κ1) is 30.7. The summed E-state index contributed by atoms with van der Waals surface area (Å²) in [5.41, 5.74) is 0.872. The summed E-state index contributed by atoms with van der Waals surface area (Å²) in [5, 5.41) is 4.11. The predicted molar refractivity (Wildman–Crippen MR) is 175 cm³/mol. The molecule has 0 aromatic carbocycles. The topological polar surface area (TPSA) is 125 Å². The van der Waals surface area contributed by atoms with Gasteiger partial charge in [0.1, 0.15) is 22.8 Å². The highest BCUT2D eigenvalue weighted by molar-refractivity contribution is 6.05. The van der Waals surface area contributed by atoms with E-state index in [4.69, 9.17) is 14.7 Å². The van der Waals surface area contributed by atoms with Gasteiger partial charge >= 0.3 is 6.09 Å². The number of ether oxygens (including phenoxy) is 1. The average molecular weight is 631 g/mol. The van der Waals surface area contributed by atoms with Crippen LogP contribution >= 0.6 is 0 Å². The molecule has 4 bridgehead atoms. The second kappa shape index (κ2) is 11.4. The highest BCUT2D eigenvalue weighted by Gasteiger charge is 2.47. The largest absolute Gasteiger partial charge is 0.444 e. The number of anilines is 1. The minimum absolute atomic E-state index is 0.0277. The molecule has 0 spiro atoms. The number of aromatic nitrogens is 3. The number of carbonyl (C=O) groups excluding carboxylic acids is 3. The summed E-state index contributed by atoms with van der Waals surface area (Å²) < 4.78 is 7.82. The van der Waals surface area contributed by atoms with Crippen molar-refractivity contribution in [2.24, 2.45) is 22.7 Å². The molecule has 7 rings (SSSR count). The maximum absolute atomic E-state index is 13.7. The maximum atomic E-state index is 13.7. The summed E-state index contributed by atoms with van der Waals surface area (Å²) in [6.45, 7) is 8.59. The van der Waals surface area contributed by atoms with Crippen LogP contribution < -0.4 is 5.32 Å². The van der Waals surface area contributed by atoms with Gasteiger partial charge in [0.15, 0.2) is 0 Å². The zero-order valence-electron chi connectivity index (χ0n) is 27.8. The number of hydrogen-bond acceptors (Lipinski definition) is 8. The van der Waals surface area contributed by atoms with E-state index in [1.807, 2.05) is 55.7 Å². The van der Waals surface area contributed by atoms with Crippen molar-refractivity contribution < 1.29 is 19.1 Å². The van der Waals surface area contributed by atoms with Gasteiger partial charge in [-0.1, -0.05) is 12.5 Å². The molecular formula is C34H46N8O4. The van der Waals surface area contributed by atoms with Crippen LogP contribution in [0.15, 0.2) is 29.4 Å². The third kappa shape index (κ3) is 5.53. The number of piperazine rings is 1. The van der Waals surface area contributed by atoms with Gasteiger partial charge in [0.2, 0.25) is 11.9 Å². The Balaban J connectivity index is 1.05. The molecule has 3 aliphatic heterocycles. The monoisotopic (exact) mass is 630 g/mol. The molecule has 246 valence electrons. The molecule has 12 nitrogen and oxygen atoms in total. The molecular weight excluding hydrogens is 584 g/mol. The van der Waals surface area contributed by atoms with E-state index in [2.05, 4.69) is 14.9 Å². The zero-order chi connectivity index (χ0) is 32.5. The number of amides is 3. The van der Waals surface area contributed by atoms with Crippen molar-refractivity contribution in [3.05, 3.63) is 30.1 Å². The van der Waals surface area contributed by atoms with Crippen LogP contribution in [0, 0.1) is 17.8 Å². The van der Waals surface area contributed by atoms with E-state index < -0.39 is 11.5 Å². The van der Waals surface area contributed by atoms with E-state index >= 15 is 0 Å². The first-order chi connectivity index (χ1) is 21.9. The molecule has 4 unspecified atom stereocenters. The standard InChI is InChI=1S/C34H46N8O4/c1-19-25(30(43)40-17-23-9-10-24(18-40)41(23)33(45)46-34(2,3)4)11-12-28(36-19)37-32-35-16-22-15-27(31(44)39(5)6)42(29(22)38-32)26-14-20-7-8-21(26)13-20/h11-12,15-16,19-21,23-26H,7-10,13-14,17-18H2,1-6H3,(H,35,36,37,38)/t19?,20-,21+,23?,24?,25?,26+/m1/s1. The number of amidine groups is 1. The van der Waals surface area contributed by atoms with Crippen molar-refractivity contribution >= 4 is 40.7 Å². The second-order valence-corrected chi connectivity index (χ2v) is 15.1. The van der Waals surface area contributed by atoms with Crippen molar-refractivity contribution in [3.63, 3.8) is 0 Å². The number of fused-ring (bicyclic) bond motifs is 5. The molecule has 2 saturated heterocycles. The van der Waals surface area contributed by atoms with Gasteiger partial charge in [0.05, 0.1) is 24.0 Å². The number of carbonyl (C=O) groups is 3. The number of nitrogens with one attached hydrogen (secondary N) is 1. The first-order valence-corrected chi connectivity index (χ1v) is 16.8. The minimum Gasteiger partial charge on any atom is -0.444 e. The fraction of sp³-hybridized carbons (Fsp3) is 0.647. The zero-order valence-corrected chi connectivity index (χ0v) is 27.8. The third-order valence-corrected chi connectivity index (χ3v) is 10.5. The Kier molecular flexibility index (Phi) is 7.59. The Morgan fingerprint density at radius 3 is 2.39 bits per heavy atom. The smallest absolute Gasteiger partial charge is 0.410 e. The Morgan fingerprint density at radius 2 is 1.78 bits per heavy atom. The van der Waals surface area contributed by atoms with Crippen LogP contribution in [0.25, 0.3) is 11.0 Å². The summed E-state index contributed by atoms with van der Waals surface area (Å²) in [7, 11) is 3.57. The second-order valence-electron chi connectivity index (χ2n) is 15.1. The van der Waals surface area contributed by atoms with E-state index in [-0.39, 0.29) is 42.1 Å². The van der Waals surface area contributed by atoms with Crippen molar-refractivity contribution in [1.82, 2.24) is 29.2 Å². The number of aliphatic imine (C=N–C) groups is 1. The third-order valence-electron chi connectivity index (χ3n) is 10.5. The molecule has 4 fully saturated rings. The van der Waals surface area contributed by atoms with Crippen molar-refractivity contribution in [3.8, 4) is 0 Å². The molecule has 5 heterocycles. The normalized spacial score (nSPS) is 30.1.